The molecule has 0 bridgehead atoms. The van der Waals surface area contributed by atoms with Gasteiger partial charge in [-0.2, -0.15) is 0 Å². The molecule has 0 N–H and O–H groups in total. The highest BCUT2D eigenvalue weighted by atomic mass is 31.2. The third-order valence-corrected chi connectivity index (χ3v) is 3.97. The molecule has 1 rings (SSSR count). The SMILES string of the molecule is COP(C)(=O)OCC(=O)C(C)Cc1ccccc1. The van der Waals surface area contributed by atoms with Gasteiger partial charge in [0.2, 0.25) is 0 Å². The molecule has 18 heavy (non-hydrogen) atoms. The highest BCUT2D eigenvalue weighted by Crippen LogP contribution is 2.42. The van der Waals surface area contributed by atoms with Crippen LogP contribution in [0.15, 0.2) is 30.3 Å². The first-order valence-electron chi connectivity index (χ1n) is 5.79. The Labute approximate surface area is 108 Å². The molecule has 5 heteroatoms. The Morgan fingerprint density at radius 2 is 1.94 bits per heavy atom. The normalized spacial score (nSPS) is 15.9. The second kappa shape index (κ2) is 6.83. The molecule has 0 spiro atoms. The molecule has 0 heterocycles. The largest absolute Gasteiger partial charge is 0.327 e. The van der Waals surface area contributed by atoms with Crippen molar-refractivity contribution in [1.29, 1.82) is 0 Å². The minimum Gasteiger partial charge on any atom is -0.312 e. The van der Waals surface area contributed by atoms with Crippen LogP contribution >= 0.6 is 7.60 Å². The zero-order valence-corrected chi connectivity index (χ0v) is 11.9. The maximum Gasteiger partial charge on any atom is 0.327 e. The van der Waals surface area contributed by atoms with Gasteiger partial charge in [-0.1, -0.05) is 37.3 Å². The summed E-state index contributed by atoms with van der Waals surface area (Å²) in [6.07, 6.45) is 0.657. The van der Waals surface area contributed by atoms with Gasteiger partial charge in [0, 0.05) is 19.7 Å². The predicted molar refractivity (Wildman–Crippen MR) is 70.8 cm³/mol. The van der Waals surface area contributed by atoms with Crippen LogP contribution < -0.4 is 0 Å². The molecule has 100 valence electrons. The predicted octanol–water partition coefficient (Wildman–Crippen LogP) is 2.92. The van der Waals surface area contributed by atoms with E-state index in [-0.39, 0.29) is 18.3 Å². The van der Waals surface area contributed by atoms with Crippen LogP contribution in [0.5, 0.6) is 0 Å². The van der Waals surface area contributed by atoms with Gasteiger partial charge in [-0.05, 0) is 12.0 Å². The summed E-state index contributed by atoms with van der Waals surface area (Å²) < 4.78 is 21.1. The molecule has 2 unspecified atom stereocenters. The van der Waals surface area contributed by atoms with E-state index in [2.05, 4.69) is 4.52 Å². The lowest BCUT2D eigenvalue weighted by atomic mass is 9.98. The van der Waals surface area contributed by atoms with Gasteiger partial charge in [0.1, 0.15) is 6.61 Å². The minimum absolute atomic E-state index is 0.0713. The third kappa shape index (κ3) is 5.13. The van der Waals surface area contributed by atoms with E-state index in [4.69, 9.17) is 4.52 Å². The van der Waals surface area contributed by atoms with E-state index >= 15 is 0 Å². The van der Waals surface area contributed by atoms with Crippen LogP contribution in [-0.4, -0.2) is 26.2 Å². The highest BCUT2D eigenvalue weighted by molar-refractivity contribution is 7.52. The summed E-state index contributed by atoms with van der Waals surface area (Å²) >= 11 is 0. The highest BCUT2D eigenvalue weighted by Gasteiger charge is 2.20. The fourth-order valence-corrected chi connectivity index (χ4v) is 1.92. The van der Waals surface area contributed by atoms with Crippen LogP contribution in [0.3, 0.4) is 0 Å². The topological polar surface area (TPSA) is 52.6 Å². The third-order valence-electron chi connectivity index (χ3n) is 2.71. The fraction of sp³-hybridized carbons (Fsp3) is 0.462. The summed E-state index contributed by atoms with van der Waals surface area (Å²) in [5, 5.41) is 0. The molecule has 0 aliphatic heterocycles. The van der Waals surface area contributed by atoms with Crippen molar-refractivity contribution < 1.29 is 18.4 Å². The van der Waals surface area contributed by atoms with Gasteiger partial charge >= 0.3 is 7.60 Å². The van der Waals surface area contributed by atoms with Crippen molar-refractivity contribution in [2.24, 2.45) is 5.92 Å². The number of benzene rings is 1. The number of hydrogen-bond acceptors (Lipinski definition) is 4. The molecule has 0 saturated heterocycles. The van der Waals surface area contributed by atoms with E-state index in [1.165, 1.54) is 13.8 Å². The molecular weight excluding hydrogens is 251 g/mol. The Morgan fingerprint density at radius 3 is 2.50 bits per heavy atom. The summed E-state index contributed by atoms with van der Waals surface area (Å²) in [6.45, 7) is 3.02. The standard InChI is InChI=1S/C13H19O4P/c1-11(9-12-7-5-4-6-8-12)13(14)10-17-18(3,15)16-2/h4-8,11H,9-10H2,1-3H3. The van der Waals surface area contributed by atoms with Crippen LogP contribution in [0, 0.1) is 5.92 Å². The molecule has 0 fully saturated rings. The summed E-state index contributed by atoms with van der Waals surface area (Å²) in [4.78, 5) is 11.8. The van der Waals surface area contributed by atoms with E-state index < -0.39 is 7.60 Å². The van der Waals surface area contributed by atoms with Crippen molar-refractivity contribution >= 4 is 13.4 Å². The zero-order valence-electron chi connectivity index (χ0n) is 11.0. The molecule has 0 radical (unpaired) electrons. The van der Waals surface area contributed by atoms with Crippen molar-refractivity contribution in [3.05, 3.63) is 35.9 Å². The average molecular weight is 270 g/mol. The first-order chi connectivity index (χ1) is 8.44. The molecule has 0 aromatic heterocycles. The minimum atomic E-state index is -3.07. The van der Waals surface area contributed by atoms with Crippen LogP contribution in [0.25, 0.3) is 0 Å². The number of carbonyl (C=O) groups is 1. The second-order valence-corrected chi connectivity index (χ2v) is 6.45. The smallest absolute Gasteiger partial charge is 0.312 e. The van der Waals surface area contributed by atoms with Gasteiger partial charge < -0.3 is 9.05 Å². The van der Waals surface area contributed by atoms with Crippen LogP contribution in [0.2, 0.25) is 0 Å². The lowest BCUT2D eigenvalue weighted by molar-refractivity contribution is -0.124. The Morgan fingerprint density at radius 1 is 1.33 bits per heavy atom. The van der Waals surface area contributed by atoms with E-state index in [0.717, 1.165) is 5.56 Å². The van der Waals surface area contributed by atoms with Gasteiger partial charge in [0.05, 0.1) is 0 Å². The maximum atomic E-state index is 11.8. The first-order valence-corrected chi connectivity index (χ1v) is 7.78. The molecule has 2 atom stereocenters. The summed E-state index contributed by atoms with van der Waals surface area (Å²) in [5.74, 6) is -0.234. The van der Waals surface area contributed by atoms with Crippen LogP contribution in [0.4, 0.5) is 0 Å². The number of rotatable bonds is 7. The van der Waals surface area contributed by atoms with Crippen molar-refractivity contribution in [2.45, 2.75) is 13.3 Å². The van der Waals surface area contributed by atoms with Gasteiger partial charge in [-0.3, -0.25) is 9.36 Å². The lowest BCUT2D eigenvalue weighted by Gasteiger charge is -2.13. The summed E-state index contributed by atoms with van der Waals surface area (Å²) in [6, 6.07) is 9.77. The molecule has 0 aliphatic carbocycles. The van der Waals surface area contributed by atoms with Gasteiger partial charge in [-0.15, -0.1) is 0 Å². The van der Waals surface area contributed by atoms with Crippen molar-refractivity contribution in [3.8, 4) is 0 Å². The monoisotopic (exact) mass is 270 g/mol. The first kappa shape index (κ1) is 15.1. The molecular formula is C13H19O4P. The number of carbonyl (C=O) groups excluding carboxylic acids is 1. The van der Waals surface area contributed by atoms with Crippen molar-refractivity contribution in [1.82, 2.24) is 0 Å². The second-order valence-electron chi connectivity index (χ2n) is 4.28. The van der Waals surface area contributed by atoms with Crippen LogP contribution in [0.1, 0.15) is 12.5 Å². The Balaban J connectivity index is 2.45. The number of Topliss-reactive ketones (excluding diaryl/α,β-unsaturated/α-hetero) is 1. The van der Waals surface area contributed by atoms with Crippen molar-refractivity contribution in [2.75, 3.05) is 20.4 Å². The summed E-state index contributed by atoms with van der Waals surface area (Å²) in [7, 11) is -1.77. The van der Waals surface area contributed by atoms with E-state index in [9.17, 15) is 9.36 Å². The molecule has 4 nitrogen and oxygen atoms in total. The van der Waals surface area contributed by atoms with E-state index in [1.54, 1.807) is 0 Å². The molecule has 1 aromatic carbocycles. The van der Waals surface area contributed by atoms with E-state index in [1.807, 2.05) is 37.3 Å². The van der Waals surface area contributed by atoms with Crippen LogP contribution in [-0.2, 0) is 24.8 Å². The molecule has 0 aliphatic rings. The van der Waals surface area contributed by atoms with Gasteiger partial charge in [-0.25, -0.2) is 0 Å². The van der Waals surface area contributed by atoms with Gasteiger partial charge in [0.25, 0.3) is 0 Å². The van der Waals surface area contributed by atoms with Crippen molar-refractivity contribution in [3.63, 3.8) is 0 Å². The number of hydrogen-bond donors (Lipinski definition) is 0. The average Bonchev–Trinajstić information content (AvgIpc) is 2.37. The maximum absolute atomic E-state index is 11.8. The Kier molecular flexibility index (Phi) is 5.73. The van der Waals surface area contributed by atoms with E-state index in [0.29, 0.717) is 6.42 Å². The Hall–Kier alpha value is -0.960. The quantitative estimate of drug-likeness (QED) is 0.715. The zero-order chi connectivity index (χ0) is 13.6. The van der Waals surface area contributed by atoms with Gasteiger partial charge in [0.15, 0.2) is 5.78 Å². The fourth-order valence-electron chi connectivity index (χ4n) is 1.46. The summed E-state index contributed by atoms with van der Waals surface area (Å²) in [5.41, 5.74) is 1.10. The Bertz CT molecular complexity index is 430. The molecule has 0 amide bonds. The lowest BCUT2D eigenvalue weighted by Crippen LogP contribution is -2.18. The molecule has 1 aromatic rings. The number of ketones is 1. The molecule has 0 saturated carbocycles.